The zero-order chi connectivity index (χ0) is 19.1. The number of ether oxygens (including phenoxy) is 1. The highest BCUT2D eigenvalue weighted by Crippen LogP contribution is 2.34. The summed E-state index contributed by atoms with van der Waals surface area (Å²) >= 11 is 3.19. The van der Waals surface area contributed by atoms with Crippen LogP contribution in [0.25, 0.3) is 0 Å². The monoisotopic (exact) mass is 419 g/mol. The molecule has 2 aromatic rings. The number of aryl methyl sites for hydroxylation is 1. The summed E-state index contributed by atoms with van der Waals surface area (Å²) in [5.74, 6) is -1.45. The van der Waals surface area contributed by atoms with E-state index < -0.39 is 11.8 Å². The van der Waals surface area contributed by atoms with Gasteiger partial charge in [-0.2, -0.15) is 5.10 Å². The smallest absolute Gasteiger partial charge is 0.329 e. The molecule has 2 aromatic carbocycles. The summed E-state index contributed by atoms with van der Waals surface area (Å²) in [6, 6.07) is 10.7. The van der Waals surface area contributed by atoms with Crippen molar-refractivity contribution < 1.29 is 19.4 Å². The fourth-order valence-corrected chi connectivity index (χ4v) is 2.47. The average Bonchev–Trinajstić information content (AvgIpc) is 2.63. The maximum Gasteiger partial charge on any atom is 0.329 e. The van der Waals surface area contributed by atoms with Crippen LogP contribution < -0.4 is 15.5 Å². The average molecular weight is 420 g/mol. The molecular weight excluding hydrogens is 402 g/mol. The molecule has 136 valence electrons. The van der Waals surface area contributed by atoms with Gasteiger partial charge in [-0.3, -0.25) is 9.59 Å². The van der Waals surface area contributed by atoms with Crippen LogP contribution in [-0.2, 0) is 16.1 Å². The maximum absolute atomic E-state index is 11.8. The Morgan fingerprint density at radius 3 is 2.58 bits per heavy atom. The van der Waals surface area contributed by atoms with E-state index in [9.17, 15) is 14.7 Å². The number of carbonyl (C=O) groups is 2. The van der Waals surface area contributed by atoms with Crippen molar-refractivity contribution >= 4 is 34.0 Å². The van der Waals surface area contributed by atoms with Gasteiger partial charge in [0.1, 0.15) is 0 Å². The molecule has 7 nitrogen and oxygen atoms in total. The molecule has 0 atom stereocenters. The molecule has 0 saturated heterocycles. The Bertz CT molecular complexity index is 835. The zero-order valence-electron chi connectivity index (χ0n) is 14.2. The summed E-state index contributed by atoms with van der Waals surface area (Å²) in [6.07, 6.45) is 1.33. The Balaban J connectivity index is 1.89. The third kappa shape index (κ3) is 5.32. The van der Waals surface area contributed by atoms with Crippen LogP contribution in [0.15, 0.2) is 46.0 Å². The predicted molar refractivity (Wildman–Crippen MR) is 101 cm³/mol. The molecule has 26 heavy (non-hydrogen) atoms. The fraction of sp³-hybridized carbons (Fsp3) is 0.167. The molecular formula is C18H18BrN3O4. The standard InChI is InChI=1S/C18H18BrN3O4/c1-11-3-5-12(6-4-11)9-20-17(24)18(25)22-21-10-13-7-14(19)16(23)15(8-13)26-2/h3-8,10,23H,9H2,1-2H3,(H,20,24)(H,22,25)/b21-10-. The van der Waals surface area contributed by atoms with Crippen LogP contribution in [0.3, 0.4) is 0 Å². The molecule has 0 bridgehead atoms. The van der Waals surface area contributed by atoms with E-state index in [4.69, 9.17) is 4.74 Å². The van der Waals surface area contributed by atoms with E-state index in [0.29, 0.717) is 10.0 Å². The van der Waals surface area contributed by atoms with Gasteiger partial charge < -0.3 is 15.2 Å². The Kier molecular flexibility index (Phi) is 6.74. The van der Waals surface area contributed by atoms with Gasteiger partial charge in [-0.15, -0.1) is 0 Å². The lowest BCUT2D eigenvalue weighted by molar-refractivity contribution is -0.139. The molecule has 0 unspecified atom stereocenters. The number of aromatic hydroxyl groups is 1. The summed E-state index contributed by atoms with van der Waals surface area (Å²) in [5.41, 5.74) is 4.72. The number of hydrogen-bond acceptors (Lipinski definition) is 5. The summed E-state index contributed by atoms with van der Waals surface area (Å²) < 4.78 is 5.44. The first-order valence-electron chi connectivity index (χ1n) is 7.64. The van der Waals surface area contributed by atoms with E-state index in [1.165, 1.54) is 19.4 Å². The maximum atomic E-state index is 11.8. The number of rotatable bonds is 5. The minimum absolute atomic E-state index is 0.0378. The van der Waals surface area contributed by atoms with Crippen LogP contribution in [0, 0.1) is 6.92 Å². The number of amides is 2. The van der Waals surface area contributed by atoms with Crippen molar-refractivity contribution in [3.8, 4) is 11.5 Å². The van der Waals surface area contributed by atoms with Crippen molar-refractivity contribution in [3.63, 3.8) is 0 Å². The molecule has 0 aliphatic rings. The third-order valence-electron chi connectivity index (χ3n) is 3.43. The van der Waals surface area contributed by atoms with E-state index >= 15 is 0 Å². The van der Waals surface area contributed by atoms with Crippen molar-refractivity contribution in [2.24, 2.45) is 5.10 Å². The number of benzene rings is 2. The summed E-state index contributed by atoms with van der Waals surface area (Å²) in [4.78, 5) is 23.5. The van der Waals surface area contributed by atoms with Gasteiger partial charge in [-0.25, -0.2) is 5.43 Å². The number of phenols is 1. The molecule has 0 saturated carbocycles. The number of phenolic OH excluding ortho intramolecular Hbond substituents is 1. The quantitative estimate of drug-likeness (QED) is 0.393. The minimum atomic E-state index is -0.877. The van der Waals surface area contributed by atoms with Crippen LogP contribution >= 0.6 is 15.9 Å². The van der Waals surface area contributed by atoms with Gasteiger partial charge in [0, 0.05) is 6.54 Å². The normalized spacial score (nSPS) is 10.6. The minimum Gasteiger partial charge on any atom is -0.503 e. The van der Waals surface area contributed by atoms with Crippen molar-refractivity contribution in [1.82, 2.24) is 10.7 Å². The van der Waals surface area contributed by atoms with E-state index in [0.717, 1.165) is 11.1 Å². The second kappa shape index (κ2) is 9.00. The van der Waals surface area contributed by atoms with Crippen molar-refractivity contribution in [3.05, 3.63) is 57.6 Å². The Hall–Kier alpha value is -2.87. The lowest BCUT2D eigenvalue weighted by Gasteiger charge is -2.06. The first-order valence-corrected chi connectivity index (χ1v) is 8.43. The first-order chi connectivity index (χ1) is 12.4. The molecule has 0 aliphatic carbocycles. The zero-order valence-corrected chi connectivity index (χ0v) is 15.8. The van der Waals surface area contributed by atoms with E-state index in [2.05, 4.69) is 31.8 Å². The molecule has 0 heterocycles. The van der Waals surface area contributed by atoms with Gasteiger partial charge >= 0.3 is 11.8 Å². The molecule has 2 amide bonds. The van der Waals surface area contributed by atoms with Gasteiger partial charge in [0.05, 0.1) is 17.8 Å². The molecule has 8 heteroatoms. The Labute approximate surface area is 159 Å². The number of nitrogens with one attached hydrogen (secondary N) is 2. The van der Waals surface area contributed by atoms with E-state index in [1.807, 2.05) is 31.2 Å². The van der Waals surface area contributed by atoms with Gasteiger partial charge in [-0.1, -0.05) is 29.8 Å². The second-order valence-corrected chi connectivity index (χ2v) is 6.28. The van der Waals surface area contributed by atoms with Crippen LogP contribution in [0.1, 0.15) is 16.7 Å². The van der Waals surface area contributed by atoms with Gasteiger partial charge in [0.15, 0.2) is 11.5 Å². The second-order valence-electron chi connectivity index (χ2n) is 5.42. The molecule has 0 aromatic heterocycles. The van der Waals surface area contributed by atoms with Crippen LogP contribution in [0.4, 0.5) is 0 Å². The lowest BCUT2D eigenvalue weighted by atomic mass is 10.1. The SMILES string of the molecule is COc1cc(/C=N\NC(=O)C(=O)NCc2ccc(C)cc2)cc(Br)c1O. The van der Waals surface area contributed by atoms with E-state index in [-0.39, 0.29) is 18.0 Å². The molecule has 3 N–H and O–H groups in total. The number of methoxy groups -OCH3 is 1. The van der Waals surface area contributed by atoms with Crippen LogP contribution in [0.5, 0.6) is 11.5 Å². The van der Waals surface area contributed by atoms with Crippen LogP contribution in [0.2, 0.25) is 0 Å². The number of carbonyl (C=O) groups excluding carboxylic acids is 2. The topological polar surface area (TPSA) is 100 Å². The highest BCUT2D eigenvalue weighted by molar-refractivity contribution is 9.10. The Morgan fingerprint density at radius 1 is 1.23 bits per heavy atom. The van der Waals surface area contributed by atoms with Gasteiger partial charge in [0.25, 0.3) is 0 Å². The van der Waals surface area contributed by atoms with Crippen molar-refractivity contribution in [1.29, 1.82) is 0 Å². The van der Waals surface area contributed by atoms with Crippen LogP contribution in [-0.4, -0.2) is 30.2 Å². The molecule has 0 spiro atoms. The number of hydrogen-bond donors (Lipinski definition) is 3. The highest BCUT2D eigenvalue weighted by Gasteiger charge is 2.12. The molecule has 0 radical (unpaired) electrons. The van der Waals surface area contributed by atoms with Gasteiger partial charge in [0.2, 0.25) is 0 Å². The summed E-state index contributed by atoms with van der Waals surface area (Å²) in [6.45, 7) is 2.22. The van der Waals surface area contributed by atoms with Crippen molar-refractivity contribution in [2.45, 2.75) is 13.5 Å². The fourth-order valence-electron chi connectivity index (χ4n) is 2.01. The Morgan fingerprint density at radius 2 is 1.92 bits per heavy atom. The summed E-state index contributed by atoms with van der Waals surface area (Å²) in [5, 5.41) is 16.0. The molecule has 2 rings (SSSR count). The lowest BCUT2D eigenvalue weighted by Crippen LogP contribution is -2.37. The molecule has 0 aliphatic heterocycles. The van der Waals surface area contributed by atoms with E-state index in [1.54, 1.807) is 6.07 Å². The molecule has 0 fully saturated rings. The summed E-state index contributed by atoms with van der Waals surface area (Å²) in [7, 11) is 1.42. The number of nitrogens with zero attached hydrogens (tertiary/aromatic N) is 1. The number of halogens is 1. The largest absolute Gasteiger partial charge is 0.503 e. The van der Waals surface area contributed by atoms with Crippen molar-refractivity contribution in [2.75, 3.05) is 7.11 Å². The highest BCUT2D eigenvalue weighted by atomic mass is 79.9. The number of hydrazone groups is 1. The third-order valence-corrected chi connectivity index (χ3v) is 4.03. The first kappa shape index (κ1) is 19.5. The van der Waals surface area contributed by atoms with Gasteiger partial charge in [-0.05, 0) is 46.1 Å². The predicted octanol–water partition coefficient (Wildman–Crippen LogP) is 2.24.